The highest BCUT2D eigenvalue weighted by Crippen LogP contribution is 2.20. The molecule has 0 aromatic heterocycles. The number of hydrogen-bond acceptors (Lipinski definition) is 3. The Morgan fingerprint density at radius 3 is 2.22 bits per heavy atom. The van der Waals surface area contributed by atoms with E-state index in [1.807, 2.05) is 66.7 Å². The molecule has 1 amide bonds. The predicted molar refractivity (Wildman–Crippen MR) is 129 cm³/mol. The Kier molecular flexibility index (Phi) is 7.20. The minimum absolute atomic E-state index is 0.200. The van der Waals surface area contributed by atoms with Crippen molar-refractivity contribution < 1.29 is 14.3 Å². The van der Waals surface area contributed by atoms with Gasteiger partial charge in [-0.3, -0.25) is 4.79 Å². The van der Waals surface area contributed by atoms with E-state index < -0.39 is 0 Å². The summed E-state index contributed by atoms with van der Waals surface area (Å²) in [6.07, 6.45) is 0. The molecule has 159 valence electrons. The van der Waals surface area contributed by atoms with Crippen molar-refractivity contribution in [2.24, 2.45) is 0 Å². The summed E-state index contributed by atoms with van der Waals surface area (Å²) in [5, 5.41) is 2.83. The van der Waals surface area contributed by atoms with Crippen molar-refractivity contribution in [1.29, 1.82) is 0 Å². The Labute approximate surface area is 196 Å². The topological polar surface area (TPSA) is 47.6 Å². The summed E-state index contributed by atoms with van der Waals surface area (Å²) < 4.78 is 12.5. The first kappa shape index (κ1) is 21.7. The van der Waals surface area contributed by atoms with Gasteiger partial charge in [0.1, 0.15) is 24.7 Å². The average molecular weight is 487 g/mol. The molecule has 0 aliphatic heterocycles. The lowest BCUT2D eigenvalue weighted by Crippen LogP contribution is -2.11. The van der Waals surface area contributed by atoms with Gasteiger partial charge in [0.2, 0.25) is 0 Å². The third-order valence-electron chi connectivity index (χ3n) is 4.68. The predicted octanol–water partition coefficient (Wildman–Crippen LogP) is 6.66. The van der Waals surface area contributed by atoms with Crippen LogP contribution in [0.1, 0.15) is 21.5 Å². The second kappa shape index (κ2) is 10.6. The molecule has 0 atom stereocenters. The summed E-state index contributed by atoms with van der Waals surface area (Å²) in [6, 6.07) is 33.5. The van der Waals surface area contributed by atoms with Gasteiger partial charge in [0, 0.05) is 16.1 Å². The highest BCUT2D eigenvalue weighted by atomic mass is 79.9. The monoisotopic (exact) mass is 486 g/mol. The van der Waals surface area contributed by atoms with Crippen LogP contribution in [0, 0.1) is 6.07 Å². The van der Waals surface area contributed by atoms with Gasteiger partial charge in [-0.05, 0) is 59.7 Å². The number of nitrogens with one attached hydrogen (secondary N) is 1. The van der Waals surface area contributed by atoms with Crippen molar-refractivity contribution >= 4 is 27.5 Å². The van der Waals surface area contributed by atoms with Crippen LogP contribution in [-0.4, -0.2) is 5.91 Å². The first-order valence-electron chi connectivity index (χ1n) is 10.1. The molecule has 4 aromatic rings. The zero-order chi connectivity index (χ0) is 22.2. The van der Waals surface area contributed by atoms with Gasteiger partial charge in [-0.1, -0.05) is 64.5 Å². The molecule has 1 radical (unpaired) electrons. The third kappa shape index (κ3) is 6.22. The van der Waals surface area contributed by atoms with E-state index in [0.717, 1.165) is 21.3 Å². The Morgan fingerprint density at radius 2 is 1.44 bits per heavy atom. The van der Waals surface area contributed by atoms with E-state index in [0.29, 0.717) is 30.2 Å². The van der Waals surface area contributed by atoms with Crippen LogP contribution in [0.5, 0.6) is 11.5 Å². The maximum atomic E-state index is 12.4. The third-order valence-corrected chi connectivity index (χ3v) is 5.14. The Bertz CT molecular complexity index is 1180. The number of hydrogen-bond donors (Lipinski definition) is 1. The van der Waals surface area contributed by atoms with Gasteiger partial charge in [-0.25, -0.2) is 0 Å². The molecule has 4 nitrogen and oxygen atoms in total. The molecule has 0 aliphatic carbocycles. The van der Waals surface area contributed by atoms with Crippen LogP contribution in [-0.2, 0) is 13.2 Å². The maximum absolute atomic E-state index is 12.4. The van der Waals surface area contributed by atoms with Crippen LogP contribution in [0.15, 0.2) is 102 Å². The van der Waals surface area contributed by atoms with Crippen molar-refractivity contribution in [3.63, 3.8) is 0 Å². The Hall–Kier alpha value is -3.57. The maximum Gasteiger partial charge on any atom is 0.255 e. The molecular weight excluding hydrogens is 466 g/mol. The number of rotatable bonds is 8. The lowest BCUT2D eigenvalue weighted by Gasteiger charge is -2.10. The minimum atomic E-state index is -0.200. The molecule has 0 heterocycles. The average Bonchev–Trinajstić information content (AvgIpc) is 2.83. The summed E-state index contributed by atoms with van der Waals surface area (Å²) in [4.78, 5) is 12.4. The van der Waals surface area contributed by atoms with E-state index >= 15 is 0 Å². The molecule has 0 saturated heterocycles. The number of carbonyl (C=O) groups is 1. The van der Waals surface area contributed by atoms with Gasteiger partial charge in [0.05, 0.1) is 5.69 Å². The molecule has 0 aliphatic rings. The Balaban J connectivity index is 1.30. The van der Waals surface area contributed by atoms with Crippen LogP contribution in [0.3, 0.4) is 0 Å². The van der Waals surface area contributed by atoms with Crippen LogP contribution < -0.4 is 14.8 Å². The molecule has 0 bridgehead atoms. The summed E-state index contributed by atoms with van der Waals surface area (Å²) in [5.41, 5.74) is 3.28. The van der Waals surface area contributed by atoms with E-state index in [9.17, 15) is 4.79 Å². The van der Waals surface area contributed by atoms with E-state index in [2.05, 4.69) is 27.3 Å². The van der Waals surface area contributed by atoms with Crippen LogP contribution in [0.25, 0.3) is 0 Å². The zero-order valence-electron chi connectivity index (χ0n) is 17.3. The van der Waals surface area contributed by atoms with Crippen molar-refractivity contribution in [1.82, 2.24) is 0 Å². The summed E-state index contributed by atoms with van der Waals surface area (Å²) in [5.74, 6) is 1.28. The quantitative estimate of drug-likeness (QED) is 0.302. The normalized spacial score (nSPS) is 10.4. The van der Waals surface area contributed by atoms with Crippen molar-refractivity contribution in [2.75, 3.05) is 5.32 Å². The highest BCUT2D eigenvalue weighted by Gasteiger charge is 2.07. The fraction of sp³-hybridized carbons (Fsp3) is 0.0741. The molecule has 5 heteroatoms. The molecule has 1 N–H and O–H groups in total. The Morgan fingerprint density at radius 1 is 0.750 bits per heavy atom. The van der Waals surface area contributed by atoms with E-state index in [1.54, 1.807) is 30.3 Å². The van der Waals surface area contributed by atoms with Gasteiger partial charge in [0.15, 0.2) is 0 Å². The van der Waals surface area contributed by atoms with Gasteiger partial charge in [0.25, 0.3) is 5.91 Å². The zero-order valence-corrected chi connectivity index (χ0v) is 18.8. The van der Waals surface area contributed by atoms with Crippen LogP contribution in [0.2, 0.25) is 0 Å². The van der Waals surface area contributed by atoms with Crippen molar-refractivity contribution in [3.8, 4) is 11.5 Å². The van der Waals surface area contributed by atoms with E-state index in [4.69, 9.17) is 9.47 Å². The molecule has 4 rings (SSSR count). The van der Waals surface area contributed by atoms with Crippen LogP contribution >= 0.6 is 15.9 Å². The number of carbonyl (C=O) groups excluding carboxylic acids is 1. The molecule has 0 saturated carbocycles. The van der Waals surface area contributed by atoms with E-state index in [-0.39, 0.29) is 5.91 Å². The lowest BCUT2D eigenvalue weighted by atomic mass is 10.2. The second-order valence-corrected chi connectivity index (χ2v) is 7.96. The minimum Gasteiger partial charge on any atom is -0.489 e. The van der Waals surface area contributed by atoms with Crippen LogP contribution in [0.4, 0.5) is 5.69 Å². The lowest BCUT2D eigenvalue weighted by molar-refractivity contribution is 0.102. The van der Waals surface area contributed by atoms with Gasteiger partial charge < -0.3 is 14.8 Å². The fourth-order valence-electron chi connectivity index (χ4n) is 3.04. The first-order chi connectivity index (χ1) is 15.7. The van der Waals surface area contributed by atoms with Crippen molar-refractivity contribution in [2.45, 2.75) is 13.2 Å². The molecule has 0 unspecified atom stereocenters. The summed E-state index contributed by atoms with van der Waals surface area (Å²) in [7, 11) is 0. The number of ether oxygens (including phenoxy) is 2. The molecule has 0 spiro atoms. The number of halogens is 1. The standard InChI is InChI=1S/C27H21BrNO3/c28-23-9-5-10-24(17-23)29-27(30)22-12-14-25(15-13-22)31-19-21-8-4-11-26(16-21)32-18-20-6-2-1-3-7-20/h1-16H,18-19H2,(H,29,30). The molecule has 32 heavy (non-hydrogen) atoms. The smallest absolute Gasteiger partial charge is 0.255 e. The molecule has 4 aromatic carbocycles. The second-order valence-electron chi connectivity index (χ2n) is 7.10. The van der Waals surface area contributed by atoms with Gasteiger partial charge in [-0.15, -0.1) is 0 Å². The van der Waals surface area contributed by atoms with Crippen molar-refractivity contribution in [3.05, 3.63) is 124 Å². The van der Waals surface area contributed by atoms with Gasteiger partial charge >= 0.3 is 0 Å². The number of benzene rings is 4. The first-order valence-corrected chi connectivity index (χ1v) is 10.9. The van der Waals surface area contributed by atoms with E-state index in [1.165, 1.54) is 0 Å². The highest BCUT2D eigenvalue weighted by molar-refractivity contribution is 9.10. The molecule has 0 fully saturated rings. The molecular formula is C27H21BrNO3. The SMILES string of the molecule is O=C(Nc1[c]c(Br)ccc1)c1ccc(OCc2cccc(OCc3ccccc3)c2)cc1. The number of anilines is 1. The summed E-state index contributed by atoms with van der Waals surface area (Å²) >= 11 is 3.35. The summed E-state index contributed by atoms with van der Waals surface area (Å²) in [6.45, 7) is 0.924. The number of amides is 1. The fourth-order valence-corrected chi connectivity index (χ4v) is 3.41. The van der Waals surface area contributed by atoms with Gasteiger partial charge in [-0.2, -0.15) is 0 Å². The largest absolute Gasteiger partial charge is 0.489 e.